The molecular formula is C14H16BrN3O2S. The lowest BCUT2D eigenvalue weighted by Gasteiger charge is -2.14. The minimum Gasteiger partial charge on any atom is -0.397 e. The minimum absolute atomic E-state index is 0.102. The summed E-state index contributed by atoms with van der Waals surface area (Å²) in [7, 11) is -3.78. The van der Waals surface area contributed by atoms with Gasteiger partial charge in [0.15, 0.2) is 0 Å². The van der Waals surface area contributed by atoms with Crippen LogP contribution in [-0.2, 0) is 10.0 Å². The molecule has 0 fully saturated rings. The topological polar surface area (TPSA) is 85.1 Å². The number of nitrogens with zero attached hydrogens (tertiary/aromatic N) is 1. The largest absolute Gasteiger partial charge is 0.397 e. The quantitative estimate of drug-likeness (QED) is 0.813. The second-order valence-corrected chi connectivity index (χ2v) is 7.34. The van der Waals surface area contributed by atoms with Crippen molar-refractivity contribution >= 4 is 37.5 Å². The number of hydrogen-bond acceptors (Lipinski definition) is 4. The number of rotatable bonds is 3. The average Bonchev–Trinajstić information content (AvgIpc) is 2.38. The molecule has 112 valence electrons. The zero-order valence-corrected chi connectivity index (χ0v) is 14.3. The van der Waals surface area contributed by atoms with Gasteiger partial charge in [0.1, 0.15) is 10.7 Å². The van der Waals surface area contributed by atoms with Crippen molar-refractivity contribution in [2.24, 2.45) is 0 Å². The van der Waals surface area contributed by atoms with E-state index in [0.717, 1.165) is 15.6 Å². The van der Waals surface area contributed by atoms with Crippen LogP contribution in [0.5, 0.6) is 0 Å². The normalized spacial score (nSPS) is 11.4. The van der Waals surface area contributed by atoms with Crippen LogP contribution in [0, 0.1) is 20.8 Å². The maximum atomic E-state index is 12.5. The first kappa shape index (κ1) is 15.8. The molecule has 0 aliphatic carbocycles. The molecule has 0 atom stereocenters. The summed E-state index contributed by atoms with van der Waals surface area (Å²) in [5, 5.41) is 0. The molecule has 0 saturated heterocycles. The third kappa shape index (κ3) is 3.19. The lowest BCUT2D eigenvalue weighted by atomic mass is 10.1. The monoisotopic (exact) mass is 369 g/mol. The van der Waals surface area contributed by atoms with E-state index in [4.69, 9.17) is 5.73 Å². The molecule has 3 N–H and O–H groups in total. The third-order valence-electron chi connectivity index (χ3n) is 3.17. The summed E-state index contributed by atoms with van der Waals surface area (Å²) < 4.78 is 28.4. The number of halogens is 1. The van der Waals surface area contributed by atoms with Gasteiger partial charge in [-0.25, -0.2) is 13.4 Å². The molecule has 0 amide bonds. The lowest BCUT2D eigenvalue weighted by Crippen LogP contribution is -2.17. The van der Waals surface area contributed by atoms with Crippen molar-refractivity contribution in [1.82, 2.24) is 4.98 Å². The van der Waals surface area contributed by atoms with Crippen molar-refractivity contribution in [3.63, 3.8) is 0 Å². The number of benzene rings is 1. The van der Waals surface area contributed by atoms with Gasteiger partial charge in [0.25, 0.3) is 10.0 Å². The second kappa shape index (κ2) is 5.65. The molecular weight excluding hydrogens is 354 g/mol. The van der Waals surface area contributed by atoms with E-state index in [1.54, 1.807) is 38.2 Å². The number of hydrogen-bond donors (Lipinski definition) is 2. The standard InChI is InChI=1S/C14H16BrN3O2S/c1-8-4-5-9(2)14(13(8)16)21(19,20)18-12-6-10(3)11(15)7-17-12/h4-7H,16H2,1-3H3,(H,17,18). The molecule has 5 nitrogen and oxygen atoms in total. The summed E-state index contributed by atoms with van der Waals surface area (Å²) in [6.07, 6.45) is 1.56. The van der Waals surface area contributed by atoms with Gasteiger partial charge in [-0.05, 0) is 59.5 Å². The number of nitrogens with two attached hydrogens (primary N) is 1. The molecule has 1 aromatic heterocycles. The number of sulfonamides is 1. The van der Waals surface area contributed by atoms with Crippen LogP contribution in [-0.4, -0.2) is 13.4 Å². The number of pyridine rings is 1. The van der Waals surface area contributed by atoms with Crippen molar-refractivity contribution in [2.45, 2.75) is 25.7 Å². The first-order valence-corrected chi connectivity index (χ1v) is 8.50. The van der Waals surface area contributed by atoms with Crippen LogP contribution in [0.15, 0.2) is 33.8 Å². The zero-order valence-electron chi connectivity index (χ0n) is 11.9. The summed E-state index contributed by atoms with van der Waals surface area (Å²) in [5.74, 6) is 0.260. The smallest absolute Gasteiger partial charge is 0.265 e. The SMILES string of the molecule is Cc1cc(NS(=O)(=O)c2c(C)ccc(C)c2N)ncc1Br. The molecule has 0 bridgehead atoms. The number of nitrogens with one attached hydrogen (secondary N) is 1. The van der Waals surface area contributed by atoms with Crippen molar-refractivity contribution in [2.75, 3.05) is 10.5 Å². The number of nitrogen functional groups attached to an aromatic ring is 1. The molecule has 0 saturated carbocycles. The fourth-order valence-corrected chi connectivity index (χ4v) is 3.60. The Labute approximate surface area is 132 Å². The Hall–Kier alpha value is -1.60. The summed E-state index contributed by atoms with van der Waals surface area (Å²) in [6.45, 7) is 5.34. The predicted molar refractivity (Wildman–Crippen MR) is 87.8 cm³/mol. The highest BCUT2D eigenvalue weighted by atomic mass is 79.9. The molecule has 0 aliphatic rings. The van der Waals surface area contributed by atoms with Crippen molar-refractivity contribution in [3.05, 3.63) is 45.6 Å². The molecule has 0 radical (unpaired) electrons. The van der Waals surface area contributed by atoms with Crippen LogP contribution in [0.2, 0.25) is 0 Å². The average molecular weight is 370 g/mol. The number of anilines is 2. The Morgan fingerprint density at radius 3 is 2.38 bits per heavy atom. The Kier molecular flexibility index (Phi) is 4.25. The Bertz CT molecular complexity index is 804. The Morgan fingerprint density at radius 2 is 1.76 bits per heavy atom. The maximum Gasteiger partial charge on any atom is 0.265 e. The number of aryl methyl sites for hydroxylation is 3. The highest BCUT2D eigenvalue weighted by molar-refractivity contribution is 9.10. The van der Waals surface area contributed by atoms with Gasteiger partial charge in [-0.1, -0.05) is 12.1 Å². The summed E-state index contributed by atoms with van der Waals surface area (Å²) >= 11 is 3.33. The summed E-state index contributed by atoms with van der Waals surface area (Å²) in [5.41, 5.74) is 8.40. The van der Waals surface area contributed by atoms with Gasteiger partial charge < -0.3 is 5.73 Å². The number of aromatic nitrogens is 1. The molecule has 2 rings (SSSR count). The van der Waals surface area contributed by atoms with Gasteiger partial charge in [-0.3, -0.25) is 4.72 Å². The molecule has 0 aliphatic heterocycles. The lowest BCUT2D eigenvalue weighted by molar-refractivity contribution is 0.601. The molecule has 21 heavy (non-hydrogen) atoms. The van der Waals surface area contributed by atoms with Gasteiger partial charge >= 0.3 is 0 Å². The first-order chi connectivity index (χ1) is 9.72. The molecule has 0 spiro atoms. The summed E-state index contributed by atoms with van der Waals surface area (Å²) in [4.78, 5) is 4.16. The fraction of sp³-hybridized carbons (Fsp3) is 0.214. The van der Waals surface area contributed by atoms with Crippen LogP contribution in [0.4, 0.5) is 11.5 Å². The third-order valence-corrected chi connectivity index (χ3v) is 5.55. The first-order valence-electron chi connectivity index (χ1n) is 6.23. The van der Waals surface area contributed by atoms with Gasteiger partial charge in [-0.15, -0.1) is 0 Å². The van der Waals surface area contributed by atoms with Gasteiger partial charge in [0.05, 0.1) is 5.69 Å². The highest BCUT2D eigenvalue weighted by Crippen LogP contribution is 2.28. The van der Waals surface area contributed by atoms with E-state index in [1.165, 1.54) is 0 Å². The van der Waals surface area contributed by atoms with Crippen LogP contribution in [0.25, 0.3) is 0 Å². The van der Waals surface area contributed by atoms with E-state index in [-0.39, 0.29) is 16.4 Å². The van der Waals surface area contributed by atoms with Crippen molar-refractivity contribution in [3.8, 4) is 0 Å². The van der Waals surface area contributed by atoms with E-state index >= 15 is 0 Å². The van der Waals surface area contributed by atoms with Crippen LogP contribution in [0.1, 0.15) is 16.7 Å². The van der Waals surface area contributed by atoms with E-state index in [2.05, 4.69) is 25.6 Å². The Balaban J connectivity index is 2.48. The predicted octanol–water partition coefficient (Wildman–Crippen LogP) is 3.15. The Morgan fingerprint density at radius 1 is 1.14 bits per heavy atom. The van der Waals surface area contributed by atoms with Crippen molar-refractivity contribution in [1.29, 1.82) is 0 Å². The van der Waals surface area contributed by atoms with Gasteiger partial charge in [0.2, 0.25) is 0 Å². The van der Waals surface area contributed by atoms with Gasteiger partial charge in [-0.2, -0.15) is 0 Å². The second-order valence-electron chi connectivity index (χ2n) is 4.87. The van der Waals surface area contributed by atoms with Gasteiger partial charge in [0, 0.05) is 10.7 Å². The molecule has 2 aromatic rings. The highest BCUT2D eigenvalue weighted by Gasteiger charge is 2.22. The van der Waals surface area contributed by atoms with E-state index < -0.39 is 10.0 Å². The molecule has 1 heterocycles. The van der Waals surface area contributed by atoms with Crippen LogP contribution < -0.4 is 10.5 Å². The van der Waals surface area contributed by atoms with E-state index in [9.17, 15) is 8.42 Å². The van der Waals surface area contributed by atoms with E-state index in [1.807, 2.05) is 6.92 Å². The fourth-order valence-electron chi connectivity index (χ4n) is 1.95. The maximum absolute atomic E-state index is 12.5. The van der Waals surface area contributed by atoms with Crippen LogP contribution >= 0.6 is 15.9 Å². The molecule has 7 heteroatoms. The van der Waals surface area contributed by atoms with Crippen LogP contribution in [0.3, 0.4) is 0 Å². The minimum atomic E-state index is -3.78. The molecule has 0 unspecified atom stereocenters. The van der Waals surface area contributed by atoms with Crippen molar-refractivity contribution < 1.29 is 8.42 Å². The van der Waals surface area contributed by atoms with E-state index in [0.29, 0.717) is 5.56 Å². The zero-order chi connectivity index (χ0) is 15.8. The molecule has 1 aromatic carbocycles. The summed E-state index contributed by atoms with van der Waals surface area (Å²) in [6, 6.07) is 5.19.